The summed E-state index contributed by atoms with van der Waals surface area (Å²) in [6.07, 6.45) is -4.63. The Labute approximate surface area is 262 Å². The SMILES string of the molecule is CCOC(=O)c1cn(C2OC(COC(=O)c3ccccc3)C(OC(=O)c3ccccc3)C2OC(=O)c2ccccc2)c(=O)nc1N. The lowest BCUT2D eigenvalue weighted by atomic mass is 10.1. The minimum Gasteiger partial charge on any atom is -0.462 e. The fourth-order valence-electron chi connectivity index (χ4n) is 4.71. The van der Waals surface area contributed by atoms with E-state index in [0.717, 1.165) is 10.8 Å². The van der Waals surface area contributed by atoms with Crippen molar-refractivity contribution in [1.29, 1.82) is 0 Å². The van der Waals surface area contributed by atoms with Gasteiger partial charge in [0, 0.05) is 6.20 Å². The quantitative estimate of drug-likeness (QED) is 0.201. The molecule has 13 heteroatoms. The highest BCUT2D eigenvalue weighted by atomic mass is 16.7. The largest absolute Gasteiger partial charge is 0.462 e. The molecule has 236 valence electrons. The van der Waals surface area contributed by atoms with Gasteiger partial charge < -0.3 is 29.4 Å². The lowest BCUT2D eigenvalue weighted by Gasteiger charge is -2.25. The molecule has 13 nitrogen and oxygen atoms in total. The average molecular weight is 628 g/mol. The standard InChI is InChI=1S/C33H29N3O10/c1-2-42-32(40)23-18-36(33(41)35-27(23)34)28-26(46-31(39)22-16-10-5-11-17-22)25(45-30(38)21-14-8-4-9-15-21)24(44-28)19-43-29(37)20-12-6-3-7-13-20/h3-18,24-26,28H,2,19H2,1H3,(H2,34,35,41). The number of nitrogens with zero attached hydrogens (tertiary/aromatic N) is 2. The Morgan fingerprint density at radius 2 is 1.24 bits per heavy atom. The minimum absolute atomic E-state index is 0.0149. The van der Waals surface area contributed by atoms with Crippen LogP contribution in [0.5, 0.6) is 0 Å². The lowest BCUT2D eigenvalue weighted by molar-refractivity contribution is -0.0640. The first-order chi connectivity index (χ1) is 22.3. The van der Waals surface area contributed by atoms with Gasteiger partial charge in [-0.3, -0.25) is 4.57 Å². The molecule has 0 aliphatic carbocycles. The number of esters is 4. The van der Waals surface area contributed by atoms with Crippen molar-refractivity contribution in [1.82, 2.24) is 9.55 Å². The summed E-state index contributed by atoms with van der Waals surface area (Å²) in [5, 5.41) is 0. The van der Waals surface area contributed by atoms with Crippen molar-refractivity contribution < 1.29 is 42.9 Å². The number of carbonyl (C=O) groups excluding carboxylic acids is 4. The Balaban J connectivity index is 1.55. The first kappa shape index (κ1) is 31.6. The molecule has 0 bridgehead atoms. The van der Waals surface area contributed by atoms with Gasteiger partial charge in [0.2, 0.25) is 0 Å². The minimum atomic E-state index is -1.52. The fourth-order valence-corrected chi connectivity index (χ4v) is 4.71. The molecule has 4 unspecified atom stereocenters. The number of rotatable bonds is 10. The summed E-state index contributed by atoms with van der Waals surface area (Å²) >= 11 is 0. The van der Waals surface area contributed by atoms with Crippen LogP contribution in [-0.2, 0) is 23.7 Å². The third kappa shape index (κ3) is 7.11. The average Bonchev–Trinajstić information content (AvgIpc) is 3.40. The predicted molar refractivity (Wildman–Crippen MR) is 161 cm³/mol. The highest BCUT2D eigenvalue weighted by Crippen LogP contribution is 2.35. The van der Waals surface area contributed by atoms with E-state index < -0.39 is 66.5 Å². The molecule has 0 radical (unpaired) electrons. The van der Waals surface area contributed by atoms with Crippen LogP contribution in [0.15, 0.2) is 102 Å². The number of benzene rings is 3. The van der Waals surface area contributed by atoms with Crippen LogP contribution in [0.4, 0.5) is 5.82 Å². The van der Waals surface area contributed by atoms with E-state index in [4.69, 9.17) is 29.4 Å². The lowest BCUT2D eigenvalue weighted by Crippen LogP contribution is -2.42. The second kappa shape index (κ2) is 14.3. The van der Waals surface area contributed by atoms with Crippen molar-refractivity contribution in [3.8, 4) is 0 Å². The van der Waals surface area contributed by atoms with Gasteiger partial charge in [0.1, 0.15) is 24.1 Å². The molecular formula is C33H29N3O10. The molecule has 0 saturated carbocycles. The van der Waals surface area contributed by atoms with Gasteiger partial charge >= 0.3 is 29.6 Å². The van der Waals surface area contributed by atoms with Gasteiger partial charge in [-0.2, -0.15) is 4.98 Å². The van der Waals surface area contributed by atoms with Crippen molar-refractivity contribution in [3.63, 3.8) is 0 Å². The van der Waals surface area contributed by atoms with Gasteiger partial charge in [-0.25, -0.2) is 24.0 Å². The Kier molecular flexibility index (Phi) is 9.83. The number of anilines is 1. The summed E-state index contributed by atoms with van der Waals surface area (Å²) in [5.41, 5.74) is 5.22. The van der Waals surface area contributed by atoms with Gasteiger partial charge in [-0.05, 0) is 43.3 Å². The first-order valence-corrected chi connectivity index (χ1v) is 14.2. The van der Waals surface area contributed by atoms with Crippen molar-refractivity contribution in [2.24, 2.45) is 0 Å². The second-order valence-corrected chi connectivity index (χ2v) is 9.95. The molecule has 1 fully saturated rings. The Morgan fingerprint density at radius 1 is 0.739 bits per heavy atom. The third-order valence-corrected chi connectivity index (χ3v) is 6.93. The molecule has 1 aliphatic rings. The van der Waals surface area contributed by atoms with Crippen LogP contribution in [0.25, 0.3) is 0 Å². The molecule has 1 aliphatic heterocycles. The van der Waals surface area contributed by atoms with E-state index in [2.05, 4.69) is 4.98 Å². The summed E-state index contributed by atoms with van der Waals surface area (Å²) in [4.78, 5) is 69.0. The molecule has 3 aromatic carbocycles. The number of aromatic nitrogens is 2. The Morgan fingerprint density at radius 3 is 1.76 bits per heavy atom. The van der Waals surface area contributed by atoms with Crippen molar-refractivity contribution >= 4 is 29.7 Å². The molecule has 0 amide bonds. The summed E-state index contributed by atoms with van der Waals surface area (Å²) in [6, 6.07) is 24.1. The molecule has 5 rings (SSSR count). The maximum Gasteiger partial charge on any atom is 0.351 e. The highest BCUT2D eigenvalue weighted by molar-refractivity contribution is 5.94. The monoisotopic (exact) mass is 627 g/mol. The maximum absolute atomic E-state index is 13.3. The van der Waals surface area contributed by atoms with Gasteiger partial charge in [-0.1, -0.05) is 54.6 Å². The molecular weight excluding hydrogens is 598 g/mol. The number of nitrogen functional groups attached to an aromatic ring is 1. The topological polar surface area (TPSA) is 175 Å². The molecule has 4 aromatic rings. The van der Waals surface area contributed by atoms with E-state index in [-0.39, 0.29) is 28.9 Å². The maximum atomic E-state index is 13.3. The van der Waals surface area contributed by atoms with Gasteiger partial charge in [0.05, 0.1) is 23.3 Å². The van der Waals surface area contributed by atoms with Gasteiger partial charge in [-0.15, -0.1) is 0 Å². The van der Waals surface area contributed by atoms with Crippen molar-refractivity contribution in [2.45, 2.75) is 31.5 Å². The smallest absolute Gasteiger partial charge is 0.351 e. The summed E-state index contributed by atoms with van der Waals surface area (Å²) < 4.78 is 29.3. The number of nitrogens with two attached hydrogens (primary N) is 1. The highest BCUT2D eigenvalue weighted by Gasteiger charge is 2.52. The summed E-state index contributed by atoms with van der Waals surface area (Å²) in [6.45, 7) is 1.13. The normalized spacial score (nSPS) is 18.7. The predicted octanol–water partition coefficient (Wildman–Crippen LogP) is 3.21. The van der Waals surface area contributed by atoms with E-state index in [0.29, 0.717) is 0 Å². The molecule has 1 saturated heterocycles. The number of hydrogen-bond donors (Lipinski definition) is 1. The molecule has 1 aromatic heterocycles. The molecule has 2 heterocycles. The Hall–Kier alpha value is -5.82. The van der Waals surface area contributed by atoms with Crippen LogP contribution in [0.2, 0.25) is 0 Å². The van der Waals surface area contributed by atoms with Crippen molar-refractivity contribution in [2.75, 3.05) is 18.9 Å². The van der Waals surface area contributed by atoms with E-state index in [1.165, 1.54) is 24.3 Å². The van der Waals surface area contributed by atoms with Crippen LogP contribution in [0.1, 0.15) is 54.6 Å². The zero-order valence-electron chi connectivity index (χ0n) is 24.5. The van der Waals surface area contributed by atoms with Crippen LogP contribution in [0, 0.1) is 0 Å². The zero-order chi connectivity index (χ0) is 32.6. The Bertz CT molecular complexity index is 1760. The molecule has 46 heavy (non-hydrogen) atoms. The van der Waals surface area contributed by atoms with Gasteiger partial charge in [0.15, 0.2) is 18.4 Å². The second-order valence-electron chi connectivity index (χ2n) is 9.95. The van der Waals surface area contributed by atoms with Crippen LogP contribution in [0.3, 0.4) is 0 Å². The number of hydrogen-bond acceptors (Lipinski definition) is 12. The fraction of sp³-hybridized carbons (Fsp3) is 0.212. The van der Waals surface area contributed by atoms with Crippen LogP contribution >= 0.6 is 0 Å². The number of carbonyl (C=O) groups is 4. The molecule has 2 N–H and O–H groups in total. The van der Waals surface area contributed by atoms with E-state index >= 15 is 0 Å². The molecule has 4 atom stereocenters. The first-order valence-electron chi connectivity index (χ1n) is 14.2. The summed E-state index contributed by atoms with van der Waals surface area (Å²) in [7, 11) is 0. The van der Waals surface area contributed by atoms with Crippen LogP contribution in [-0.4, -0.2) is 65.0 Å². The van der Waals surface area contributed by atoms with Crippen LogP contribution < -0.4 is 11.4 Å². The zero-order valence-corrected chi connectivity index (χ0v) is 24.5. The van der Waals surface area contributed by atoms with Gasteiger partial charge in [0.25, 0.3) is 0 Å². The van der Waals surface area contributed by atoms with E-state index in [1.807, 2.05) is 0 Å². The molecule has 0 spiro atoms. The summed E-state index contributed by atoms with van der Waals surface area (Å²) in [5.74, 6) is -3.59. The third-order valence-electron chi connectivity index (χ3n) is 6.93. The van der Waals surface area contributed by atoms with E-state index in [1.54, 1.807) is 73.7 Å². The van der Waals surface area contributed by atoms with E-state index in [9.17, 15) is 24.0 Å². The number of ether oxygens (including phenoxy) is 5. The van der Waals surface area contributed by atoms with Crippen molar-refractivity contribution in [3.05, 3.63) is 130 Å².